The van der Waals surface area contributed by atoms with E-state index in [0.29, 0.717) is 0 Å². The number of aromatic nitrogens is 3. The molecule has 1 amide bonds. The summed E-state index contributed by atoms with van der Waals surface area (Å²) >= 11 is 0. The van der Waals surface area contributed by atoms with Crippen LogP contribution in [0.5, 0.6) is 5.75 Å². The number of rotatable bonds is 3. The van der Waals surface area contributed by atoms with Crippen LogP contribution in [0.2, 0.25) is 0 Å². The number of anilines is 2. The number of alkyl halides is 3. The summed E-state index contributed by atoms with van der Waals surface area (Å²) in [5.41, 5.74) is 5.33. The van der Waals surface area contributed by atoms with E-state index < -0.39 is 18.0 Å². The summed E-state index contributed by atoms with van der Waals surface area (Å²) in [6.45, 7) is 0. The van der Waals surface area contributed by atoms with Crippen LogP contribution < -0.4 is 15.8 Å². The Bertz CT molecular complexity index is 625. The van der Waals surface area contributed by atoms with E-state index in [4.69, 9.17) is 5.73 Å². The summed E-state index contributed by atoms with van der Waals surface area (Å²) in [5.74, 6) is -1.43. The molecule has 10 heteroatoms. The molecule has 0 fully saturated rings. The molecule has 2 aromatic rings. The molecule has 0 saturated heterocycles. The first-order valence-electron chi connectivity index (χ1n) is 5.18. The van der Waals surface area contributed by atoms with E-state index in [9.17, 15) is 18.0 Å². The second-order valence-electron chi connectivity index (χ2n) is 3.57. The number of nitrogens with two attached hydrogens (primary N) is 1. The summed E-state index contributed by atoms with van der Waals surface area (Å²) in [6, 6.07) is 4.81. The topological polar surface area (TPSA) is 106 Å². The zero-order valence-electron chi connectivity index (χ0n) is 9.73. The molecule has 0 saturated carbocycles. The lowest BCUT2D eigenvalue weighted by molar-refractivity contribution is -0.274. The Morgan fingerprint density at radius 1 is 1.40 bits per heavy atom. The monoisotopic (exact) mass is 287 g/mol. The lowest BCUT2D eigenvalue weighted by Gasteiger charge is -2.10. The Kier molecular flexibility index (Phi) is 3.46. The number of halogens is 3. The first-order valence-corrected chi connectivity index (χ1v) is 5.18. The van der Waals surface area contributed by atoms with Gasteiger partial charge in [0.25, 0.3) is 5.91 Å². The van der Waals surface area contributed by atoms with Gasteiger partial charge in [-0.1, -0.05) is 6.07 Å². The number of carbonyl (C=O) groups is 1. The van der Waals surface area contributed by atoms with Crippen molar-refractivity contribution in [3.05, 3.63) is 30.1 Å². The van der Waals surface area contributed by atoms with E-state index in [1.165, 1.54) is 12.1 Å². The second-order valence-corrected chi connectivity index (χ2v) is 3.57. The smallest absolute Gasteiger partial charge is 0.406 e. The van der Waals surface area contributed by atoms with Crippen LogP contribution >= 0.6 is 0 Å². The summed E-state index contributed by atoms with van der Waals surface area (Å²) in [7, 11) is 0. The summed E-state index contributed by atoms with van der Waals surface area (Å²) in [6.07, 6.45) is -4.80. The Labute approximate surface area is 109 Å². The van der Waals surface area contributed by atoms with Gasteiger partial charge in [0.15, 0.2) is 0 Å². The van der Waals surface area contributed by atoms with Crippen LogP contribution in [0.15, 0.2) is 24.3 Å². The van der Waals surface area contributed by atoms with E-state index in [1.807, 2.05) is 0 Å². The Hall–Kier alpha value is -2.78. The number of carbonyl (C=O) groups excluding carboxylic acids is 1. The lowest BCUT2D eigenvalue weighted by atomic mass is 10.3. The Morgan fingerprint density at radius 3 is 2.75 bits per heavy atom. The number of H-pyrrole nitrogens is 1. The van der Waals surface area contributed by atoms with Crippen LogP contribution in [0.4, 0.5) is 24.8 Å². The highest BCUT2D eigenvalue weighted by Crippen LogP contribution is 2.25. The van der Waals surface area contributed by atoms with Gasteiger partial charge in [0.2, 0.25) is 11.8 Å². The van der Waals surface area contributed by atoms with Crippen molar-refractivity contribution in [2.75, 3.05) is 11.1 Å². The number of hydrogen-bond donors (Lipinski definition) is 3. The average Bonchev–Trinajstić information content (AvgIpc) is 2.74. The summed E-state index contributed by atoms with van der Waals surface area (Å²) in [4.78, 5) is 15.2. The third kappa shape index (κ3) is 3.60. The van der Waals surface area contributed by atoms with Gasteiger partial charge in [0, 0.05) is 11.8 Å². The van der Waals surface area contributed by atoms with Crippen LogP contribution in [-0.2, 0) is 0 Å². The molecule has 7 nitrogen and oxygen atoms in total. The molecule has 0 bridgehead atoms. The van der Waals surface area contributed by atoms with Crippen molar-refractivity contribution in [1.29, 1.82) is 0 Å². The summed E-state index contributed by atoms with van der Waals surface area (Å²) < 4.78 is 39.9. The minimum Gasteiger partial charge on any atom is -0.406 e. The number of ether oxygens (including phenoxy) is 1. The van der Waals surface area contributed by atoms with Gasteiger partial charge in [-0.3, -0.25) is 9.89 Å². The third-order valence-electron chi connectivity index (χ3n) is 2.04. The standard InChI is InChI=1S/C10H8F3N5O2/c11-10(12,13)20-6-3-1-2-5(4-6)15-8(19)7-16-9(14)18-17-7/h1-4H,(H,15,19)(H3,14,16,17,18). The fourth-order valence-corrected chi connectivity index (χ4v) is 1.34. The maximum absolute atomic E-state index is 12.1. The van der Waals surface area contributed by atoms with Crippen molar-refractivity contribution in [2.24, 2.45) is 0 Å². The van der Waals surface area contributed by atoms with Gasteiger partial charge >= 0.3 is 6.36 Å². The lowest BCUT2D eigenvalue weighted by Crippen LogP contribution is -2.17. The molecule has 0 radical (unpaired) electrons. The number of amides is 1. The van der Waals surface area contributed by atoms with Crippen LogP contribution in [-0.4, -0.2) is 27.5 Å². The second kappa shape index (κ2) is 5.07. The zero-order valence-corrected chi connectivity index (χ0v) is 9.73. The Balaban J connectivity index is 2.10. The highest BCUT2D eigenvalue weighted by molar-refractivity contribution is 6.01. The number of nitrogens with zero attached hydrogens (tertiary/aromatic N) is 2. The average molecular weight is 287 g/mol. The minimum absolute atomic E-state index is 0.103. The molecular formula is C10H8F3N5O2. The first kappa shape index (κ1) is 13.6. The van der Waals surface area contributed by atoms with E-state index in [2.05, 4.69) is 25.2 Å². The number of benzene rings is 1. The minimum atomic E-state index is -4.80. The molecule has 1 heterocycles. The highest BCUT2D eigenvalue weighted by atomic mass is 19.4. The normalized spacial score (nSPS) is 11.2. The number of nitrogens with one attached hydrogen (secondary N) is 2. The predicted molar refractivity (Wildman–Crippen MR) is 61.9 cm³/mol. The van der Waals surface area contributed by atoms with Gasteiger partial charge in [0.1, 0.15) is 5.75 Å². The first-order chi connectivity index (χ1) is 9.33. The summed E-state index contributed by atoms with van der Waals surface area (Å²) in [5, 5.41) is 8.04. The van der Waals surface area contributed by atoms with Crippen LogP contribution in [0.1, 0.15) is 10.6 Å². The maximum Gasteiger partial charge on any atom is 0.573 e. The van der Waals surface area contributed by atoms with E-state index in [1.54, 1.807) is 0 Å². The van der Waals surface area contributed by atoms with E-state index in [-0.39, 0.29) is 17.5 Å². The molecule has 2 rings (SSSR count). The van der Waals surface area contributed by atoms with Gasteiger partial charge in [-0.2, -0.15) is 4.98 Å². The van der Waals surface area contributed by atoms with Crippen LogP contribution in [0.3, 0.4) is 0 Å². The molecule has 0 unspecified atom stereocenters. The van der Waals surface area contributed by atoms with Gasteiger partial charge in [-0.25, -0.2) is 0 Å². The van der Waals surface area contributed by atoms with E-state index in [0.717, 1.165) is 12.1 Å². The molecule has 1 aromatic heterocycles. The van der Waals surface area contributed by atoms with Crippen molar-refractivity contribution >= 4 is 17.5 Å². The molecule has 0 spiro atoms. The van der Waals surface area contributed by atoms with Crippen molar-refractivity contribution in [3.8, 4) is 5.75 Å². The van der Waals surface area contributed by atoms with Crippen LogP contribution in [0.25, 0.3) is 0 Å². The highest BCUT2D eigenvalue weighted by Gasteiger charge is 2.31. The SMILES string of the molecule is Nc1n[nH]c(C(=O)Nc2cccc(OC(F)(F)F)c2)n1. The molecule has 0 aliphatic heterocycles. The number of aromatic amines is 1. The van der Waals surface area contributed by atoms with Crippen molar-refractivity contribution in [2.45, 2.75) is 6.36 Å². The number of hydrogen-bond acceptors (Lipinski definition) is 5. The Morgan fingerprint density at radius 2 is 2.15 bits per heavy atom. The molecule has 106 valence electrons. The molecule has 0 aliphatic rings. The molecule has 0 atom stereocenters. The van der Waals surface area contributed by atoms with Gasteiger partial charge < -0.3 is 15.8 Å². The van der Waals surface area contributed by atoms with Crippen molar-refractivity contribution in [1.82, 2.24) is 15.2 Å². The van der Waals surface area contributed by atoms with E-state index >= 15 is 0 Å². The van der Waals surface area contributed by atoms with Gasteiger partial charge in [-0.15, -0.1) is 18.3 Å². The molecule has 0 aliphatic carbocycles. The van der Waals surface area contributed by atoms with Crippen molar-refractivity contribution < 1.29 is 22.7 Å². The van der Waals surface area contributed by atoms with Gasteiger partial charge in [-0.05, 0) is 12.1 Å². The molecule has 4 N–H and O–H groups in total. The van der Waals surface area contributed by atoms with Gasteiger partial charge in [0.05, 0.1) is 0 Å². The maximum atomic E-state index is 12.1. The zero-order chi connectivity index (χ0) is 14.8. The number of nitrogen functional groups attached to an aromatic ring is 1. The fraction of sp³-hybridized carbons (Fsp3) is 0.100. The molecular weight excluding hydrogens is 279 g/mol. The van der Waals surface area contributed by atoms with Crippen LogP contribution in [0, 0.1) is 0 Å². The quantitative estimate of drug-likeness (QED) is 0.794. The molecule has 1 aromatic carbocycles. The fourth-order valence-electron chi connectivity index (χ4n) is 1.34. The largest absolute Gasteiger partial charge is 0.573 e. The predicted octanol–water partition coefficient (Wildman–Crippen LogP) is 1.54. The third-order valence-corrected chi connectivity index (χ3v) is 2.04. The molecule has 20 heavy (non-hydrogen) atoms. The van der Waals surface area contributed by atoms with Crippen molar-refractivity contribution in [3.63, 3.8) is 0 Å².